The summed E-state index contributed by atoms with van der Waals surface area (Å²) < 4.78 is 5.12. The Balaban J connectivity index is 1.72. The highest BCUT2D eigenvalue weighted by molar-refractivity contribution is 5.92. The minimum absolute atomic E-state index is 0.0347. The van der Waals surface area contributed by atoms with Gasteiger partial charge in [0, 0.05) is 17.9 Å². The largest absolute Gasteiger partial charge is 0.419 e. The standard InChI is InChI=1S/C21H26N2O5/c1-12(24)28-18-8-6-13-14-10-11-21(2)17(7-9-19(21)22-27-3)15(14)4-5-16(13)20(18)23(25)26/h6,8,14-15,17H,4-5,7,9-11H2,1-3H3/b22-19-/t14-,15-,17+,21+/m1/s1. The van der Waals surface area contributed by atoms with Crippen LogP contribution in [0.1, 0.15) is 63.0 Å². The van der Waals surface area contributed by atoms with Gasteiger partial charge in [-0.2, -0.15) is 0 Å². The van der Waals surface area contributed by atoms with Crippen molar-refractivity contribution >= 4 is 17.4 Å². The van der Waals surface area contributed by atoms with Gasteiger partial charge in [0.25, 0.3) is 0 Å². The van der Waals surface area contributed by atoms with E-state index in [9.17, 15) is 14.9 Å². The van der Waals surface area contributed by atoms with E-state index >= 15 is 0 Å². The first-order chi connectivity index (χ1) is 13.4. The molecular weight excluding hydrogens is 360 g/mol. The molecule has 0 unspecified atom stereocenters. The zero-order chi connectivity index (χ0) is 20.1. The van der Waals surface area contributed by atoms with E-state index in [-0.39, 0.29) is 16.9 Å². The van der Waals surface area contributed by atoms with Gasteiger partial charge >= 0.3 is 11.7 Å². The molecule has 3 aliphatic rings. The second kappa shape index (κ2) is 6.87. The summed E-state index contributed by atoms with van der Waals surface area (Å²) in [5.41, 5.74) is 3.02. The van der Waals surface area contributed by atoms with Gasteiger partial charge in [0.15, 0.2) is 0 Å². The zero-order valence-corrected chi connectivity index (χ0v) is 16.6. The molecule has 0 N–H and O–H groups in total. The fraction of sp³-hybridized carbons (Fsp3) is 0.619. The number of hydrogen-bond donors (Lipinski definition) is 0. The maximum Gasteiger partial charge on any atom is 0.315 e. The molecule has 1 aromatic carbocycles. The van der Waals surface area contributed by atoms with Crippen molar-refractivity contribution in [2.45, 2.75) is 58.3 Å². The average molecular weight is 386 g/mol. The monoisotopic (exact) mass is 386 g/mol. The Morgan fingerprint density at radius 2 is 2.07 bits per heavy atom. The number of nitrogens with zero attached hydrogens (tertiary/aromatic N) is 2. The summed E-state index contributed by atoms with van der Waals surface area (Å²) in [4.78, 5) is 27.8. The van der Waals surface area contributed by atoms with Gasteiger partial charge in [-0.05, 0) is 67.9 Å². The zero-order valence-electron chi connectivity index (χ0n) is 16.6. The van der Waals surface area contributed by atoms with Crippen molar-refractivity contribution in [1.29, 1.82) is 0 Å². The molecule has 28 heavy (non-hydrogen) atoms. The molecule has 0 radical (unpaired) electrons. The molecule has 1 aromatic rings. The van der Waals surface area contributed by atoms with Gasteiger partial charge < -0.3 is 9.57 Å². The molecule has 2 fully saturated rings. The third-order valence-electron chi connectivity index (χ3n) is 7.22. The van der Waals surface area contributed by atoms with Gasteiger partial charge in [-0.25, -0.2) is 0 Å². The Kier molecular flexibility index (Phi) is 4.63. The fourth-order valence-electron chi connectivity index (χ4n) is 6.11. The first-order valence-corrected chi connectivity index (χ1v) is 9.96. The van der Waals surface area contributed by atoms with Crippen LogP contribution in [0.2, 0.25) is 0 Å². The van der Waals surface area contributed by atoms with E-state index in [1.807, 2.05) is 6.07 Å². The van der Waals surface area contributed by atoms with Gasteiger partial charge in [-0.15, -0.1) is 0 Å². The molecule has 7 heteroatoms. The van der Waals surface area contributed by atoms with Crippen molar-refractivity contribution in [1.82, 2.24) is 0 Å². The van der Waals surface area contributed by atoms with Gasteiger partial charge in [-0.1, -0.05) is 18.1 Å². The molecule has 2 saturated carbocycles. The highest BCUT2D eigenvalue weighted by Crippen LogP contribution is 2.60. The van der Waals surface area contributed by atoms with Crippen LogP contribution in [0, 0.1) is 27.4 Å². The van der Waals surface area contributed by atoms with Crippen molar-refractivity contribution in [2.75, 3.05) is 7.11 Å². The number of oxime groups is 1. The Labute approximate surface area is 164 Å². The van der Waals surface area contributed by atoms with E-state index in [1.165, 1.54) is 12.6 Å². The highest BCUT2D eigenvalue weighted by Gasteiger charge is 2.54. The number of benzene rings is 1. The summed E-state index contributed by atoms with van der Waals surface area (Å²) in [7, 11) is 1.60. The summed E-state index contributed by atoms with van der Waals surface area (Å²) in [6.45, 7) is 3.57. The summed E-state index contributed by atoms with van der Waals surface area (Å²) in [6, 6.07) is 3.54. The minimum Gasteiger partial charge on any atom is -0.419 e. The van der Waals surface area contributed by atoms with Crippen LogP contribution in [0.5, 0.6) is 5.75 Å². The lowest BCUT2D eigenvalue weighted by Gasteiger charge is -2.48. The van der Waals surface area contributed by atoms with Crippen molar-refractivity contribution in [3.05, 3.63) is 33.4 Å². The predicted octanol–water partition coefficient (Wildman–Crippen LogP) is 4.38. The Morgan fingerprint density at radius 3 is 2.75 bits per heavy atom. The lowest BCUT2D eigenvalue weighted by molar-refractivity contribution is -0.386. The third-order valence-corrected chi connectivity index (χ3v) is 7.22. The number of ether oxygens (including phenoxy) is 1. The maximum atomic E-state index is 11.8. The van der Waals surface area contributed by atoms with Gasteiger partial charge in [0.1, 0.15) is 7.11 Å². The van der Waals surface area contributed by atoms with Crippen molar-refractivity contribution in [3.63, 3.8) is 0 Å². The lowest BCUT2D eigenvalue weighted by atomic mass is 9.55. The van der Waals surface area contributed by atoms with E-state index in [4.69, 9.17) is 9.57 Å². The van der Waals surface area contributed by atoms with Crippen molar-refractivity contribution in [2.24, 2.45) is 22.4 Å². The van der Waals surface area contributed by atoms with E-state index in [0.29, 0.717) is 24.2 Å². The third kappa shape index (κ3) is 2.79. The molecule has 0 aromatic heterocycles. The lowest BCUT2D eigenvalue weighted by Crippen LogP contribution is -2.42. The van der Waals surface area contributed by atoms with Crippen LogP contribution < -0.4 is 4.74 Å². The number of nitro groups is 1. The maximum absolute atomic E-state index is 11.8. The minimum atomic E-state index is -0.541. The Morgan fingerprint density at radius 1 is 1.29 bits per heavy atom. The molecule has 150 valence electrons. The molecule has 0 aliphatic heterocycles. The molecule has 0 saturated heterocycles. The molecule has 4 atom stereocenters. The van der Waals surface area contributed by atoms with E-state index in [1.54, 1.807) is 13.2 Å². The number of carbonyl (C=O) groups excluding carboxylic acids is 1. The summed E-state index contributed by atoms with van der Waals surface area (Å²) in [5, 5.41) is 16.1. The molecule has 0 bridgehead atoms. The SMILES string of the molecule is CO/N=C1/CC[C@H]2[C@@H]3CCc4c(ccc(OC(C)=O)c4[N+](=O)[O-])[C@H]3CC[C@]12C. The number of nitro benzene ring substituents is 1. The Hall–Kier alpha value is -2.44. The van der Waals surface area contributed by atoms with Crippen LogP contribution in [-0.2, 0) is 16.1 Å². The molecule has 0 amide bonds. The topological polar surface area (TPSA) is 91.0 Å². The van der Waals surface area contributed by atoms with E-state index < -0.39 is 10.9 Å². The normalized spacial score (nSPS) is 32.2. The first kappa shape index (κ1) is 18.9. The highest BCUT2D eigenvalue weighted by atomic mass is 16.6. The summed E-state index contributed by atoms with van der Waals surface area (Å²) >= 11 is 0. The van der Waals surface area contributed by atoms with Crippen LogP contribution in [0.15, 0.2) is 17.3 Å². The van der Waals surface area contributed by atoms with Crippen LogP contribution in [-0.4, -0.2) is 23.7 Å². The molecular formula is C21H26N2O5. The van der Waals surface area contributed by atoms with Crippen LogP contribution >= 0.6 is 0 Å². The average Bonchev–Trinajstić information content (AvgIpc) is 2.97. The number of esters is 1. The molecule has 0 spiro atoms. The number of hydrogen-bond acceptors (Lipinski definition) is 6. The second-order valence-electron chi connectivity index (χ2n) is 8.46. The Bertz CT molecular complexity index is 865. The van der Waals surface area contributed by atoms with Crippen LogP contribution in [0.4, 0.5) is 5.69 Å². The van der Waals surface area contributed by atoms with E-state index in [0.717, 1.165) is 43.2 Å². The molecule has 7 nitrogen and oxygen atoms in total. The second-order valence-corrected chi connectivity index (χ2v) is 8.46. The van der Waals surface area contributed by atoms with Gasteiger partial charge in [-0.3, -0.25) is 14.9 Å². The quantitative estimate of drug-likeness (QED) is 0.333. The summed E-state index contributed by atoms with van der Waals surface area (Å²) in [6.07, 6.45) is 5.63. The summed E-state index contributed by atoms with van der Waals surface area (Å²) in [5.74, 6) is 0.857. The van der Waals surface area contributed by atoms with Crippen molar-refractivity contribution in [3.8, 4) is 5.75 Å². The number of carbonyl (C=O) groups is 1. The number of rotatable bonds is 3. The predicted molar refractivity (Wildman–Crippen MR) is 103 cm³/mol. The van der Waals surface area contributed by atoms with Crippen LogP contribution in [0.25, 0.3) is 0 Å². The first-order valence-electron chi connectivity index (χ1n) is 9.96. The van der Waals surface area contributed by atoms with Gasteiger partial charge in [0.2, 0.25) is 5.75 Å². The van der Waals surface area contributed by atoms with Crippen molar-refractivity contribution < 1.29 is 19.3 Å². The molecule has 3 aliphatic carbocycles. The smallest absolute Gasteiger partial charge is 0.315 e. The molecule has 4 rings (SSSR count). The molecule has 0 heterocycles. The number of fused-ring (bicyclic) bond motifs is 5. The van der Waals surface area contributed by atoms with E-state index in [2.05, 4.69) is 12.1 Å². The van der Waals surface area contributed by atoms with Crippen LogP contribution in [0.3, 0.4) is 0 Å². The van der Waals surface area contributed by atoms with Gasteiger partial charge in [0.05, 0.1) is 10.6 Å². The fourth-order valence-corrected chi connectivity index (χ4v) is 6.11.